The summed E-state index contributed by atoms with van der Waals surface area (Å²) in [6.45, 7) is 0.818. The van der Waals surface area contributed by atoms with E-state index in [9.17, 15) is 14.4 Å². The SMILES string of the molecule is O=CCCCC(=O)N1CCC(=O)C1. The molecule has 13 heavy (non-hydrogen) atoms. The molecule has 1 fully saturated rings. The third-order valence-corrected chi connectivity index (χ3v) is 2.09. The summed E-state index contributed by atoms with van der Waals surface area (Å²) in [5.41, 5.74) is 0. The Balaban J connectivity index is 2.23. The number of carbonyl (C=O) groups excluding carboxylic acids is 3. The first-order valence-corrected chi connectivity index (χ1v) is 4.47. The number of Topliss-reactive ketones (excluding diaryl/α,β-unsaturated/α-hetero) is 1. The van der Waals surface area contributed by atoms with E-state index in [4.69, 9.17) is 0 Å². The van der Waals surface area contributed by atoms with Crippen LogP contribution in [-0.4, -0.2) is 36.0 Å². The normalized spacial score (nSPS) is 16.3. The van der Waals surface area contributed by atoms with Crippen LogP contribution in [0.1, 0.15) is 25.7 Å². The van der Waals surface area contributed by atoms with E-state index in [2.05, 4.69) is 0 Å². The second-order valence-corrected chi connectivity index (χ2v) is 3.16. The maximum Gasteiger partial charge on any atom is 0.222 e. The van der Waals surface area contributed by atoms with Crippen LogP contribution in [0.2, 0.25) is 0 Å². The Hall–Kier alpha value is -1.19. The van der Waals surface area contributed by atoms with Crippen molar-refractivity contribution in [3.63, 3.8) is 0 Å². The molecular formula is C9H13NO3. The second kappa shape index (κ2) is 4.74. The van der Waals surface area contributed by atoms with Crippen LogP contribution < -0.4 is 0 Å². The van der Waals surface area contributed by atoms with Gasteiger partial charge in [0.25, 0.3) is 0 Å². The van der Waals surface area contributed by atoms with Gasteiger partial charge in [0.15, 0.2) is 5.78 Å². The fourth-order valence-corrected chi connectivity index (χ4v) is 1.34. The minimum atomic E-state index is -0.00676. The van der Waals surface area contributed by atoms with Gasteiger partial charge >= 0.3 is 0 Å². The van der Waals surface area contributed by atoms with Crippen LogP contribution in [0, 0.1) is 0 Å². The second-order valence-electron chi connectivity index (χ2n) is 3.16. The molecule has 1 saturated heterocycles. The molecule has 1 rings (SSSR count). The topological polar surface area (TPSA) is 54.5 Å². The Morgan fingerprint density at radius 3 is 2.85 bits per heavy atom. The zero-order valence-corrected chi connectivity index (χ0v) is 7.49. The van der Waals surface area contributed by atoms with E-state index in [0.29, 0.717) is 32.2 Å². The monoisotopic (exact) mass is 183 g/mol. The quantitative estimate of drug-likeness (QED) is 0.460. The zero-order chi connectivity index (χ0) is 9.68. The van der Waals surface area contributed by atoms with Crippen LogP contribution in [0.3, 0.4) is 0 Å². The van der Waals surface area contributed by atoms with Crippen molar-refractivity contribution in [2.24, 2.45) is 0 Å². The molecule has 4 heteroatoms. The molecule has 0 atom stereocenters. The third-order valence-electron chi connectivity index (χ3n) is 2.09. The smallest absolute Gasteiger partial charge is 0.222 e. The van der Waals surface area contributed by atoms with Crippen molar-refractivity contribution >= 4 is 18.0 Å². The summed E-state index contributed by atoms with van der Waals surface area (Å²) in [5, 5.41) is 0. The highest BCUT2D eigenvalue weighted by Crippen LogP contribution is 2.07. The Morgan fingerprint density at radius 2 is 2.31 bits per heavy atom. The largest absolute Gasteiger partial charge is 0.335 e. The molecule has 1 aliphatic heterocycles. The highest BCUT2D eigenvalue weighted by Gasteiger charge is 2.22. The Labute approximate surface area is 76.9 Å². The van der Waals surface area contributed by atoms with Gasteiger partial charge in [-0.15, -0.1) is 0 Å². The van der Waals surface area contributed by atoms with Crippen LogP contribution in [-0.2, 0) is 14.4 Å². The highest BCUT2D eigenvalue weighted by molar-refractivity contribution is 5.89. The van der Waals surface area contributed by atoms with Gasteiger partial charge < -0.3 is 9.69 Å². The molecule has 1 heterocycles. The van der Waals surface area contributed by atoms with Crippen molar-refractivity contribution in [3.05, 3.63) is 0 Å². The van der Waals surface area contributed by atoms with Gasteiger partial charge in [0.05, 0.1) is 6.54 Å². The summed E-state index contributed by atoms with van der Waals surface area (Å²) in [6.07, 6.45) is 2.69. The molecule has 0 N–H and O–H groups in total. The lowest BCUT2D eigenvalue weighted by Crippen LogP contribution is -2.28. The van der Waals surface area contributed by atoms with Gasteiger partial charge in [-0.25, -0.2) is 0 Å². The number of hydrogen-bond donors (Lipinski definition) is 0. The van der Waals surface area contributed by atoms with Crippen LogP contribution in [0.15, 0.2) is 0 Å². The van der Waals surface area contributed by atoms with Crippen molar-refractivity contribution in [1.82, 2.24) is 4.90 Å². The fourth-order valence-electron chi connectivity index (χ4n) is 1.34. The number of aldehydes is 1. The number of unbranched alkanes of at least 4 members (excludes halogenated alkanes) is 1. The maximum absolute atomic E-state index is 11.3. The predicted molar refractivity (Wildman–Crippen MR) is 46.1 cm³/mol. The van der Waals surface area contributed by atoms with Gasteiger partial charge in [-0.1, -0.05) is 0 Å². The van der Waals surface area contributed by atoms with Crippen molar-refractivity contribution in [1.29, 1.82) is 0 Å². The summed E-state index contributed by atoms with van der Waals surface area (Å²) >= 11 is 0. The number of carbonyl (C=O) groups is 3. The molecule has 0 spiro atoms. The van der Waals surface area contributed by atoms with Crippen molar-refractivity contribution in [2.75, 3.05) is 13.1 Å². The molecule has 0 saturated carbocycles. The van der Waals surface area contributed by atoms with Gasteiger partial charge in [-0.2, -0.15) is 0 Å². The third kappa shape index (κ3) is 2.97. The zero-order valence-electron chi connectivity index (χ0n) is 7.49. The van der Waals surface area contributed by atoms with Gasteiger partial charge in [-0.05, 0) is 6.42 Å². The average Bonchev–Trinajstić information content (AvgIpc) is 2.52. The van der Waals surface area contributed by atoms with Crippen molar-refractivity contribution in [3.8, 4) is 0 Å². The fraction of sp³-hybridized carbons (Fsp3) is 0.667. The van der Waals surface area contributed by atoms with Gasteiger partial charge in [0, 0.05) is 25.8 Å². The summed E-state index contributed by atoms with van der Waals surface area (Å²) in [4.78, 5) is 33.7. The molecule has 4 nitrogen and oxygen atoms in total. The molecular weight excluding hydrogens is 170 g/mol. The number of rotatable bonds is 4. The molecule has 0 radical (unpaired) electrons. The summed E-state index contributed by atoms with van der Waals surface area (Å²) in [7, 11) is 0. The van der Waals surface area contributed by atoms with Crippen molar-refractivity contribution < 1.29 is 14.4 Å². The summed E-state index contributed by atoms with van der Waals surface area (Å²) < 4.78 is 0. The van der Waals surface area contributed by atoms with E-state index in [1.807, 2.05) is 0 Å². The number of nitrogens with zero attached hydrogens (tertiary/aromatic N) is 1. The molecule has 0 aromatic carbocycles. The van der Waals surface area contributed by atoms with Gasteiger partial charge in [-0.3, -0.25) is 9.59 Å². The van der Waals surface area contributed by atoms with E-state index in [-0.39, 0.29) is 18.2 Å². The van der Waals surface area contributed by atoms with Crippen LogP contribution in [0.25, 0.3) is 0 Å². The molecule has 0 unspecified atom stereocenters. The lowest BCUT2D eigenvalue weighted by Gasteiger charge is -2.13. The van der Waals surface area contributed by atoms with Crippen molar-refractivity contribution in [2.45, 2.75) is 25.7 Å². The minimum absolute atomic E-state index is 0.00676. The molecule has 0 aromatic rings. The lowest BCUT2D eigenvalue weighted by molar-refractivity contribution is -0.131. The maximum atomic E-state index is 11.3. The first-order chi connectivity index (χ1) is 6.24. The van der Waals surface area contributed by atoms with E-state index in [0.717, 1.165) is 6.29 Å². The van der Waals surface area contributed by atoms with Crippen LogP contribution >= 0.6 is 0 Å². The Bertz CT molecular complexity index is 225. The first-order valence-electron chi connectivity index (χ1n) is 4.47. The Kier molecular flexibility index (Phi) is 3.61. The number of ketones is 1. The predicted octanol–water partition coefficient (Wildman–Crippen LogP) is 0.157. The van der Waals surface area contributed by atoms with E-state index >= 15 is 0 Å². The summed E-state index contributed by atoms with van der Waals surface area (Å²) in [6, 6.07) is 0. The van der Waals surface area contributed by atoms with Gasteiger partial charge in [0.1, 0.15) is 6.29 Å². The van der Waals surface area contributed by atoms with Gasteiger partial charge in [0.2, 0.25) is 5.91 Å². The molecule has 0 bridgehead atoms. The molecule has 0 aromatic heterocycles. The molecule has 0 aliphatic carbocycles. The molecule has 1 aliphatic rings. The Morgan fingerprint density at radius 1 is 1.54 bits per heavy atom. The standard InChI is InChI=1S/C9H13NO3/c11-6-2-1-3-9(13)10-5-4-8(12)7-10/h6H,1-5,7H2. The minimum Gasteiger partial charge on any atom is -0.335 e. The van der Waals surface area contributed by atoms with E-state index in [1.165, 1.54) is 0 Å². The first kappa shape index (κ1) is 9.89. The molecule has 1 amide bonds. The van der Waals surface area contributed by atoms with Crippen LogP contribution in [0.4, 0.5) is 0 Å². The van der Waals surface area contributed by atoms with Crippen LogP contribution in [0.5, 0.6) is 0 Å². The number of hydrogen-bond acceptors (Lipinski definition) is 3. The summed E-state index contributed by atoms with van der Waals surface area (Å²) in [5.74, 6) is 0.122. The highest BCUT2D eigenvalue weighted by atomic mass is 16.2. The van der Waals surface area contributed by atoms with E-state index < -0.39 is 0 Å². The lowest BCUT2D eigenvalue weighted by atomic mass is 10.2. The number of amides is 1. The van der Waals surface area contributed by atoms with E-state index in [1.54, 1.807) is 4.90 Å². The number of likely N-dealkylation sites (tertiary alicyclic amines) is 1. The molecule has 72 valence electrons. The average molecular weight is 183 g/mol.